The maximum atomic E-state index is 13.5. The Balaban J connectivity index is 1.68. The number of hydrogen-bond donors (Lipinski definition) is 1. The van der Waals surface area contributed by atoms with Gasteiger partial charge < -0.3 is 5.32 Å². The average Bonchev–Trinajstić information content (AvgIpc) is 2.85. The van der Waals surface area contributed by atoms with Gasteiger partial charge in [-0.1, -0.05) is 24.3 Å². The van der Waals surface area contributed by atoms with Gasteiger partial charge in [0, 0.05) is 30.4 Å². The van der Waals surface area contributed by atoms with Crippen LogP contribution in [0, 0.1) is 5.82 Å². The lowest BCUT2D eigenvalue weighted by molar-refractivity contribution is 0.588. The summed E-state index contributed by atoms with van der Waals surface area (Å²) in [5, 5.41) is 7.51. The first-order chi connectivity index (χ1) is 9.34. The van der Waals surface area contributed by atoms with E-state index in [1.165, 1.54) is 6.07 Å². The van der Waals surface area contributed by atoms with E-state index in [0.29, 0.717) is 18.7 Å². The molecule has 3 nitrogen and oxygen atoms in total. The Morgan fingerprint density at radius 2 is 1.79 bits per heavy atom. The molecule has 0 atom stereocenters. The number of nitrogens with one attached hydrogen (secondary N) is 1. The zero-order valence-corrected chi connectivity index (χ0v) is 10.4. The van der Waals surface area contributed by atoms with Crippen LogP contribution in [0.4, 0.5) is 4.39 Å². The fraction of sp³-hybridized carbons (Fsp3) is 0.133. The predicted molar refractivity (Wildman–Crippen MR) is 72.1 cm³/mol. The highest BCUT2D eigenvalue weighted by atomic mass is 19.1. The second-order valence-electron chi connectivity index (χ2n) is 4.40. The van der Waals surface area contributed by atoms with Crippen LogP contribution in [0.25, 0.3) is 5.52 Å². The highest BCUT2D eigenvalue weighted by Gasteiger charge is 2.04. The van der Waals surface area contributed by atoms with E-state index in [1.807, 2.05) is 41.2 Å². The Morgan fingerprint density at radius 1 is 1.00 bits per heavy atom. The van der Waals surface area contributed by atoms with E-state index < -0.39 is 0 Å². The summed E-state index contributed by atoms with van der Waals surface area (Å²) >= 11 is 0. The lowest BCUT2D eigenvalue weighted by Gasteiger charge is -2.05. The predicted octanol–water partition coefficient (Wildman–Crippen LogP) is 2.76. The number of rotatable bonds is 4. The molecule has 0 bridgehead atoms. The van der Waals surface area contributed by atoms with Gasteiger partial charge in [0.15, 0.2) is 0 Å². The maximum Gasteiger partial charge on any atom is 0.127 e. The van der Waals surface area contributed by atoms with Crippen LogP contribution in [-0.4, -0.2) is 9.61 Å². The number of aromatic nitrogens is 2. The van der Waals surface area contributed by atoms with Crippen molar-refractivity contribution in [2.45, 2.75) is 13.1 Å². The SMILES string of the molecule is Fc1ccccc1CNCc1cnn2ccccc12. The van der Waals surface area contributed by atoms with Crippen LogP contribution in [0.15, 0.2) is 54.9 Å². The van der Waals surface area contributed by atoms with Gasteiger partial charge in [0.2, 0.25) is 0 Å². The molecule has 1 N–H and O–H groups in total. The van der Waals surface area contributed by atoms with Crippen molar-refractivity contribution < 1.29 is 4.39 Å². The van der Waals surface area contributed by atoms with Crippen LogP contribution < -0.4 is 5.32 Å². The van der Waals surface area contributed by atoms with Crippen molar-refractivity contribution in [3.05, 3.63) is 71.8 Å². The summed E-state index contributed by atoms with van der Waals surface area (Å²) in [6, 6.07) is 12.8. The van der Waals surface area contributed by atoms with Crippen molar-refractivity contribution in [1.29, 1.82) is 0 Å². The van der Waals surface area contributed by atoms with Gasteiger partial charge in [-0.15, -0.1) is 0 Å². The Bertz CT molecular complexity index is 690. The molecule has 0 saturated heterocycles. The number of fused-ring (bicyclic) bond motifs is 1. The normalized spacial score (nSPS) is 11.0. The van der Waals surface area contributed by atoms with Crippen LogP contribution in [0.5, 0.6) is 0 Å². The minimum Gasteiger partial charge on any atom is -0.308 e. The number of halogens is 1. The highest BCUT2D eigenvalue weighted by Crippen LogP contribution is 2.10. The quantitative estimate of drug-likeness (QED) is 0.776. The fourth-order valence-corrected chi connectivity index (χ4v) is 2.10. The summed E-state index contributed by atoms with van der Waals surface area (Å²) in [4.78, 5) is 0. The van der Waals surface area contributed by atoms with Gasteiger partial charge in [0.1, 0.15) is 5.82 Å². The van der Waals surface area contributed by atoms with Crippen LogP contribution in [0.1, 0.15) is 11.1 Å². The third-order valence-corrected chi connectivity index (χ3v) is 3.10. The van der Waals surface area contributed by atoms with Crippen LogP contribution in [-0.2, 0) is 13.1 Å². The minimum absolute atomic E-state index is 0.171. The molecule has 0 unspecified atom stereocenters. The number of pyridine rings is 1. The van der Waals surface area contributed by atoms with Crippen molar-refractivity contribution in [2.24, 2.45) is 0 Å². The number of nitrogens with zero attached hydrogens (tertiary/aromatic N) is 2. The van der Waals surface area contributed by atoms with Crippen LogP contribution >= 0.6 is 0 Å². The van der Waals surface area contributed by atoms with Crippen molar-refractivity contribution >= 4 is 5.52 Å². The van der Waals surface area contributed by atoms with E-state index in [9.17, 15) is 4.39 Å². The maximum absolute atomic E-state index is 13.5. The van der Waals surface area contributed by atoms with Gasteiger partial charge in [-0.2, -0.15) is 5.10 Å². The second kappa shape index (κ2) is 5.20. The summed E-state index contributed by atoms with van der Waals surface area (Å²) in [6.45, 7) is 1.18. The van der Waals surface area contributed by atoms with Crippen molar-refractivity contribution in [2.75, 3.05) is 0 Å². The molecule has 2 heterocycles. The van der Waals surface area contributed by atoms with Crippen molar-refractivity contribution in [3.63, 3.8) is 0 Å². The molecule has 0 aliphatic heterocycles. The molecular formula is C15H14FN3. The summed E-state index contributed by atoms with van der Waals surface area (Å²) in [7, 11) is 0. The molecular weight excluding hydrogens is 241 g/mol. The summed E-state index contributed by atoms with van der Waals surface area (Å²) in [5.41, 5.74) is 2.86. The molecule has 0 spiro atoms. The van der Waals surface area contributed by atoms with Gasteiger partial charge in [-0.25, -0.2) is 8.91 Å². The zero-order valence-electron chi connectivity index (χ0n) is 10.4. The van der Waals surface area contributed by atoms with Crippen LogP contribution in [0.3, 0.4) is 0 Å². The van der Waals surface area contributed by atoms with Crippen molar-refractivity contribution in [3.8, 4) is 0 Å². The van der Waals surface area contributed by atoms with Gasteiger partial charge in [0.05, 0.1) is 11.7 Å². The Labute approximate surface area is 110 Å². The lowest BCUT2D eigenvalue weighted by atomic mass is 10.2. The van der Waals surface area contributed by atoms with E-state index in [2.05, 4.69) is 10.4 Å². The Kier molecular flexibility index (Phi) is 3.25. The molecule has 1 aromatic carbocycles. The molecule has 0 radical (unpaired) electrons. The largest absolute Gasteiger partial charge is 0.308 e. The Hall–Kier alpha value is -2.20. The molecule has 0 amide bonds. The first kappa shape index (κ1) is 11.9. The summed E-state index contributed by atoms with van der Waals surface area (Å²) < 4.78 is 15.3. The molecule has 0 saturated carbocycles. The molecule has 19 heavy (non-hydrogen) atoms. The lowest BCUT2D eigenvalue weighted by Crippen LogP contribution is -2.13. The standard InChI is InChI=1S/C15H14FN3/c16-14-6-2-1-5-12(14)9-17-10-13-11-18-19-8-4-3-7-15(13)19/h1-8,11,17H,9-10H2. The third kappa shape index (κ3) is 2.48. The number of hydrogen-bond acceptors (Lipinski definition) is 2. The molecule has 96 valence electrons. The Morgan fingerprint density at radius 3 is 2.68 bits per heavy atom. The van der Waals surface area contributed by atoms with Crippen LogP contribution in [0.2, 0.25) is 0 Å². The van der Waals surface area contributed by atoms with Gasteiger partial charge in [-0.3, -0.25) is 0 Å². The molecule has 4 heteroatoms. The van der Waals surface area contributed by atoms with Crippen molar-refractivity contribution in [1.82, 2.24) is 14.9 Å². The molecule has 0 fully saturated rings. The van der Waals surface area contributed by atoms with E-state index in [4.69, 9.17) is 0 Å². The van der Waals surface area contributed by atoms with E-state index >= 15 is 0 Å². The third-order valence-electron chi connectivity index (χ3n) is 3.10. The molecule has 0 aliphatic rings. The summed E-state index contributed by atoms with van der Waals surface area (Å²) in [5.74, 6) is -0.171. The highest BCUT2D eigenvalue weighted by molar-refractivity contribution is 5.53. The van der Waals surface area contributed by atoms with E-state index in [-0.39, 0.29) is 5.82 Å². The zero-order chi connectivity index (χ0) is 13.1. The van der Waals surface area contributed by atoms with E-state index in [0.717, 1.165) is 11.1 Å². The average molecular weight is 255 g/mol. The van der Waals surface area contributed by atoms with Gasteiger partial charge in [0.25, 0.3) is 0 Å². The second-order valence-corrected chi connectivity index (χ2v) is 4.40. The number of benzene rings is 1. The smallest absolute Gasteiger partial charge is 0.127 e. The molecule has 0 aliphatic carbocycles. The van der Waals surface area contributed by atoms with Gasteiger partial charge >= 0.3 is 0 Å². The molecule has 3 rings (SSSR count). The topological polar surface area (TPSA) is 29.3 Å². The minimum atomic E-state index is -0.171. The van der Waals surface area contributed by atoms with E-state index in [1.54, 1.807) is 12.1 Å². The fourth-order valence-electron chi connectivity index (χ4n) is 2.10. The van der Waals surface area contributed by atoms with Gasteiger partial charge in [-0.05, 0) is 18.2 Å². The first-order valence-corrected chi connectivity index (χ1v) is 6.20. The molecule has 3 aromatic rings. The molecule has 2 aromatic heterocycles. The first-order valence-electron chi connectivity index (χ1n) is 6.20. The summed E-state index contributed by atoms with van der Waals surface area (Å²) in [6.07, 6.45) is 3.75. The monoisotopic (exact) mass is 255 g/mol.